The van der Waals surface area contributed by atoms with Crippen molar-refractivity contribution in [3.05, 3.63) is 29.8 Å². The van der Waals surface area contributed by atoms with Crippen molar-refractivity contribution in [1.29, 1.82) is 0 Å². The van der Waals surface area contributed by atoms with Crippen LogP contribution in [-0.4, -0.2) is 29.1 Å². The molecule has 0 saturated heterocycles. The average Bonchev–Trinajstić information content (AvgIpc) is 2.43. The summed E-state index contributed by atoms with van der Waals surface area (Å²) in [4.78, 5) is 34.0. The van der Waals surface area contributed by atoms with E-state index in [9.17, 15) is 14.4 Å². The SMILES string of the molecule is CCC(C)C(NC(=O)Nc1cccc(C(N)=O)c1)C(=O)O. The summed E-state index contributed by atoms with van der Waals surface area (Å²) in [7, 11) is 0. The number of hydrogen-bond donors (Lipinski definition) is 4. The van der Waals surface area contributed by atoms with Crippen LogP contribution in [0, 0.1) is 5.92 Å². The summed E-state index contributed by atoms with van der Waals surface area (Å²) < 4.78 is 0. The van der Waals surface area contributed by atoms with Gasteiger partial charge < -0.3 is 21.5 Å². The first-order valence-electron chi connectivity index (χ1n) is 6.55. The largest absolute Gasteiger partial charge is 0.480 e. The summed E-state index contributed by atoms with van der Waals surface area (Å²) in [6, 6.07) is 4.45. The van der Waals surface area contributed by atoms with Crippen LogP contribution in [0.25, 0.3) is 0 Å². The zero-order chi connectivity index (χ0) is 16.0. The van der Waals surface area contributed by atoms with Gasteiger partial charge in [-0.1, -0.05) is 26.3 Å². The number of benzene rings is 1. The van der Waals surface area contributed by atoms with Gasteiger partial charge in [-0.25, -0.2) is 9.59 Å². The molecule has 0 radical (unpaired) electrons. The maximum absolute atomic E-state index is 11.8. The minimum atomic E-state index is -1.09. The number of aliphatic carboxylic acids is 1. The van der Waals surface area contributed by atoms with Crippen LogP contribution >= 0.6 is 0 Å². The molecule has 21 heavy (non-hydrogen) atoms. The van der Waals surface area contributed by atoms with E-state index in [1.54, 1.807) is 19.1 Å². The Morgan fingerprint density at radius 3 is 2.52 bits per heavy atom. The van der Waals surface area contributed by atoms with Gasteiger partial charge in [0.05, 0.1) is 0 Å². The molecule has 3 amide bonds. The van der Waals surface area contributed by atoms with Gasteiger partial charge in [0.1, 0.15) is 6.04 Å². The molecule has 0 heterocycles. The Hall–Kier alpha value is -2.57. The molecule has 0 aliphatic heterocycles. The highest BCUT2D eigenvalue weighted by atomic mass is 16.4. The number of anilines is 1. The number of amides is 3. The summed E-state index contributed by atoms with van der Waals surface area (Å²) in [6.07, 6.45) is 0.619. The zero-order valence-corrected chi connectivity index (χ0v) is 11.9. The number of carboxylic acids is 1. The molecule has 0 bridgehead atoms. The lowest BCUT2D eigenvalue weighted by Gasteiger charge is -2.20. The van der Waals surface area contributed by atoms with Crippen LogP contribution in [0.4, 0.5) is 10.5 Å². The first kappa shape index (κ1) is 16.5. The van der Waals surface area contributed by atoms with Gasteiger partial charge in [0, 0.05) is 11.3 Å². The molecule has 0 aromatic heterocycles. The molecule has 2 atom stereocenters. The van der Waals surface area contributed by atoms with Gasteiger partial charge >= 0.3 is 12.0 Å². The number of primary amides is 1. The van der Waals surface area contributed by atoms with E-state index in [0.717, 1.165) is 0 Å². The Bertz CT molecular complexity index is 545. The van der Waals surface area contributed by atoms with Gasteiger partial charge in [-0.05, 0) is 24.1 Å². The van der Waals surface area contributed by atoms with Crippen molar-refractivity contribution in [2.45, 2.75) is 26.3 Å². The van der Waals surface area contributed by atoms with E-state index >= 15 is 0 Å². The highest BCUT2D eigenvalue weighted by Gasteiger charge is 2.25. The second-order valence-electron chi connectivity index (χ2n) is 4.74. The second-order valence-corrected chi connectivity index (χ2v) is 4.74. The Balaban J connectivity index is 2.74. The molecular weight excluding hydrogens is 274 g/mol. The quantitative estimate of drug-likeness (QED) is 0.633. The third kappa shape index (κ3) is 4.79. The molecule has 1 rings (SSSR count). The predicted molar refractivity (Wildman–Crippen MR) is 78.0 cm³/mol. The number of nitrogens with two attached hydrogens (primary N) is 1. The Labute approximate surface area is 122 Å². The van der Waals surface area contributed by atoms with Crippen molar-refractivity contribution in [3.8, 4) is 0 Å². The molecule has 7 nitrogen and oxygen atoms in total. The van der Waals surface area contributed by atoms with Crippen molar-refractivity contribution >= 4 is 23.6 Å². The van der Waals surface area contributed by atoms with Crippen LogP contribution in [0.15, 0.2) is 24.3 Å². The monoisotopic (exact) mass is 293 g/mol. The van der Waals surface area contributed by atoms with Crippen molar-refractivity contribution < 1.29 is 19.5 Å². The van der Waals surface area contributed by atoms with Crippen molar-refractivity contribution in [1.82, 2.24) is 5.32 Å². The number of nitrogens with one attached hydrogen (secondary N) is 2. The minimum absolute atomic E-state index is 0.204. The molecule has 7 heteroatoms. The molecule has 2 unspecified atom stereocenters. The number of urea groups is 1. The first-order chi connectivity index (χ1) is 9.85. The third-order valence-corrected chi connectivity index (χ3v) is 3.17. The van der Waals surface area contributed by atoms with Crippen LogP contribution in [0.2, 0.25) is 0 Å². The molecule has 0 fully saturated rings. The molecule has 5 N–H and O–H groups in total. The van der Waals surface area contributed by atoms with E-state index < -0.39 is 23.9 Å². The van der Waals surface area contributed by atoms with E-state index in [1.807, 2.05) is 6.92 Å². The van der Waals surface area contributed by atoms with E-state index in [2.05, 4.69) is 10.6 Å². The Kier molecular flexibility index (Phi) is 5.71. The Morgan fingerprint density at radius 1 is 1.33 bits per heavy atom. The molecule has 114 valence electrons. The molecule has 0 aliphatic rings. The van der Waals surface area contributed by atoms with E-state index in [-0.39, 0.29) is 11.5 Å². The lowest BCUT2D eigenvalue weighted by atomic mass is 9.99. The summed E-state index contributed by atoms with van der Waals surface area (Å²) in [5.41, 5.74) is 5.76. The van der Waals surface area contributed by atoms with Gasteiger partial charge in [-0.15, -0.1) is 0 Å². The van der Waals surface area contributed by atoms with Gasteiger partial charge in [0.25, 0.3) is 0 Å². The zero-order valence-electron chi connectivity index (χ0n) is 11.9. The van der Waals surface area contributed by atoms with Crippen molar-refractivity contribution in [2.75, 3.05) is 5.32 Å². The van der Waals surface area contributed by atoms with Gasteiger partial charge in [0.2, 0.25) is 5.91 Å². The van der Waals surface area contributed by atoms with Crippen molar-refractivity contribution in [3.63, 3.8) is 0 Å². The second kappa shape index (κ2) is 7.28. The smallest absolute Gasteiger partial charge is 0.326 e. The fraction of sp³-hybridized carbons (Fsp3) is 0.357. The number of hydrogen-bond acceptors (Lipinski definition) is 3. The van der Waals surface area contributed by atoms with E-state index in [0.29, 0.717) is 12.1 Å². The lowest BCUT2D eigenvalue weighted by Crippen LogP contribution is -2.46. The topological polar surface area (TPSA) is 122 Å². The molecule has 0 spiro atoms. The maximum Gasteiger partial charge on any atom is 0.326 e. The number of carboxylic acid groups (broad SMARTS) is 1. The molecule has 0 saturated carbocycles. The highest BCUT2D eigenvalue weighted by molar-refractivity contribution is 5.96. The molecule has 1 aromatic carbocycles. The molecular formula is C14H19N3O4. The van der Waals surface area contributed by atoms with Gasteiger partial charge in [-0.2, -0.15) is 0 Å². The standard InChI is InChI=1S/C14H19N3O4/c1-3-8(2)11(13(19)20)17-14(21)16-10-6-4-5-9(7-10)12(15)18/h4-8,11H,3H2,1-2H3,(H2,15,18)(H,19,20)(H2,16,17,21). The summed E-state index contributed by atoms with van der Waals surface area (Å²) in [6.45, 7) is 3.59. The maximum atomic E-state index is 11.8. The molecule has 0 aliphatic carbocycles. The number of carbonyl (C=O) groups is 3. The third-order valence-electron chi connectivity index (χ3n) is 3.17. The number of carbonyl (C=O) groups excluding carboxylic acids is 2. The minimum Gasteiger partial charge on any atom is -0.480 e. The van der Waals surface area contributed by atoms with Crippen molar-refractivity contribution in [2.24, 2.45) is 11.7 Å². The summed E-state index contributed by atoms with van der Waals surface area (Å²) in [5.74, 6) is -1.90. The highest BCUT2D eigenvalue weighted by Crippen LogP contribution is 2.11. The van der Waals surface area contributed by atoms with Gasteiger partial charge in [-0.3, -0.25) is 4.79 Å². The number of rotatable bonds is 6. The fourth-order valence-electron chi connectivity index (χ4n) is 1.74. The molecule has 1 aromatic rings. The van der Waals surface area contributed by atoms with Crippen LogP contribution in [0.1, 0.15) is 30.6 Å². The van der Waals surface area contributed by atoms with Gasteiger partial charge in [0.15, 0.2) is 0 Å². The fourth-order valence-corrected chi connectivity index (χ4v) is 1.74. The predicted octanol–water partition coefficient (Wildman–Crippen LogP) is 1.41. The Morgan fingerprint density at radius 2 is 2.00 bits per heavy atom. The summed E-state index contributed by atoms with van der Waals surface area (Å²) >= 11 is 0. The lowest BCUT2D eigenvalue weighted by molar-refractivity contribution is -0.140. The van der Waals surface area contributed by atoms with E-state index in [1.165, 1.54) is 12.1 Å². The van der Waals surface area contributed by atoms with Crippen LogP contribution < -0.4 is 16.4 Å². The van der Waals surface area contributed by atoms with Crippen LogP contribution in [0.5, 0.6) is 0 Å². The normalized spacial score (nSPS) is 13.0. The van der Waals surface area contributed by atoms with Crippen LogP contribution in [-0.2, 0) is 4.79 Å². The first-order valence-corrected chi connectivity index (χ1v) is 6.55. The van der Waals surface area contributed by atoms with Crippen LogP contribution in [0.3, 0.4) is 0 Å². The van der Waals surface area contributed by atoms with E-state index in [4.69, 9.17) is 10.8 Å². The summed E-state index contributed by atoms with van der Waals surface area (Å²) in [5, 5.41) is 14.0. The average molecular weight is 293 g/mol.